The zero-order valence-electron chi connectivity index (χ0n) is 45.2. The van der Waals surface area contributed by atoms with E-state index in [1.54, 1.807) is 53.3 Å². The molecule has 9 atom stereocenters. The molecular formula is C49H70N11O13PSi2. The van der Waals surface area contributed by atoms with E-state index in [-0.39, 0.29) is 58.0 Å². The summed E-state index contributed by atoms with van der Waals surface area (Å²) in [5.74, 6) is -2.10. The lowest BCUT2D eigenvalue weighted by atomic mass is 10.1. The molecule has 7 rings (SSSR count). The van der Waals surface area contributed by atoms with Crippen LogP contribution in [-0.4, -0.2) is 122 Å². The number of aromatic amines is 1. The van der Waals surface area contributed by atoms with E-state index in [1.165, 1.54) is 19.0 Å². The number of carbonyl (C=O) groups excluding carboxylic acids is 2. The Morgan fingerprint density at radius 2 is 1.54 bits per heavy atom. The Balaban J connectivity index is 1.26. The predicted octanol–water partition coefficient (Wildman–Crippen LogP) is 8.96. The van der Waals surface area contributed by atoms with Crippen LogP contribution in [0.3, 0.4) is 0 Å². The van der Waals surface area contributed by atoms with Crippen molar-refractivity contribution in [2.45, 2.75) is 161 Å². The fraction of sp³-hybridized carbons (Fsp3) is 0.592. The number of imidazole rings is 2. The van der Waals surface area contributed by atoms with E-state index in [9.17, 15) is 29.5 Å². The maximum absolute atomic E-state index is 15.5. The average molecular weight is 1110 g/mol. The van der Waals surface area contributed by atoms with Crippen molar-refractivity contribution in [3.8, 4) is 6.07 Å². The van der Waals surface area contributed by atoms with Gasteiger partial charge >= 0.3 is 14.0 Å². The Kier molecular flexibility index (Phi) is 17.3. The molecule has 2 aliphatic rings. The number of phosphoric acid groups is 1. The first-order valence-electron chi connectivity index (χ1n) is 25.3. The molecule has 0 radical (unpaired) electrons. The maximum atomic E-state index is 15.5. The molecule has 1 saturated carbocycles. The number of fused-ring (bicyclic) bond motifs is 2. The molecular weight excluding hydrogens is 1040 g/mol. The highest BCUT2D eigenvalue weighted by molar-refractivity contribution is 7.48. The lowest BCUT2D eigenvalue weighted by Crippen LogP contribution is -2.49. The fourth-order valence-electron chi connectivity index (χ4n) is 8.50. The Morgan fingerprint density at radius 1 is 0.895 bits per heavy atom. The molecule has 27 heteroatoms. The summed E-state index contributed by atoms with van der Waals surface area (Å²) >= 11 is 0. The smallest absolute Gasteiger partial charge is 0.450 e. The number of carboxylic acid groups (broad SMARTS) is 1. The molecule has 1 unspecified atom stereocenters. The average Bonchev–Trinajstić information content (AvgIpc) is 4.13. The van der Waals surface area contributed by atoms with E-state index in [1.807, 2.05) is 60.0 Å². The van der Waals surface area contributed by atoms with Crippen LogP contribution in [0.15, 0.2) is 54.1 Å². The van der Waals surface area contributed by atoms with Crippen LogP contribution < -0.4 is 16.2 Å². The van der Waals surface area contributed by atoms with Crippen LogP contribution in [0.1, 0.15) is 104 Å². The van der Waals surface area contributed by atoms with Gasteiger partial charge in [0.1, 0.15) is 30.7 Å². The molecule has 5 aromatic rings. The lowest BCUT2D eigenvalue weighted by Gasteiger charge is -2.41. The molecule has 1 aliphatic carbocycles. The number of nitrogens with zero attached hydrogens (tertiary/aromatic N) is 8. The Morgan fingerprint density at radius 3 is 2.16 bits per heavy atom. The van der Waals surface area contributed by atoms with Gasteiger partial charge in [-0.3, -0.25) is 42.8 Å². The summed E-state index contributed by atoms with van der Waals surface area (Å²) in [5.41, 5.74) is 0.383. The van der Waals surface area contributed by atoms with E-state index in [2.05, 4.69) is 61.3 Å². The highest BCUT2D eigenvalue weighted by Gasteiger charge is 2.56. The summed E-state index contributed by atoms with van der Waals surface area (Å²) in [6, 6.07) is 9.83. The maximum Gasteiger partial charge on any atom is 0.506 e. The van der Waals surface area contributed by atoms with Crippen molar-refractivity contribution < 1.29 is 56.0 Å². The van der Waals surface area contributed by atoms with Crippen LogP contribution in [0, 0.1) is 23.2 Å². The number of benzene rings is 1. The molecule has 0 spiro atoms. The number of nitriles is 1. The lowest BCUT2D eigenvalue weighted by molar-refractivity contribution is -0.118. The Hall–Kier alpha value is -5.76. The number of H-pyrrole nitrogens is 1. The van der Waals surface area contributed by atoms with Crippen LogP contribution in [-0.2, 0) is 41.3 Å². The van der Waals surface area contributed by atoms with Crippen LogP contribution in [0.25, 0.3) is 22.3 Å². The second-order valence-electron chi connectivity index (χ2n) is 22.4. The van der Waals surface area contributed by atoms with Gasteiger partial charge in [-0.05, 0) is 61.2 Å². The fourth-order valence-corrected chi connectivity index (χ4v) is 12.5. The predicted molar refractivity (Wildman–Crippen MR) is 284 cm³/mol. The van der Waals surface area contributed by atoms with Gasteiger partial charge in [0, 0.05) is 17.4 Å². The molecule has 1 aliphatic heterocycles. The molecule has 1 saturated heterocycles. The van der Waals surface area contributed by atoms with Gasteiger partial charge in [-0.25, -0.2) is 29.3 Å². The third kappa shape index (κ3) is 12.5. The minimum Gasteiger partial charge on any atom is -0.450 e. The zero-order chi connectivity index (χ0) is 55.7. The molecule has 5 heterocycles. The number of anilines is 2. The van der Waals surface area contributed by atoms with Crippen molar-refractivity contribution in [3.05, 3.63) is 65.2 Å². The van der Waals surface area contributed by atoms with Crippen LogP contribution in [0.4, 0.5) is 16.6 Å². The molecule has 412 valence electrons. The zero-order valence-corrected chi connectivity index (χ0v) is 48.1. The topological polar surface area (TPSA) is 308 Å². The van der Waals surface area contributed by atoms with E-state index in [0.29, 0.717) is 17.6 Å². The number of nitrogens with one attached hydrogen (secondary N) is 3. The van der Waals surface area contributed by atoms with Crippen molar-refractivity contribution in [2.75, 3.05) is 23.8 Å². The van der Waals surface area contributed by atoms with Gasteiger partial charge in [0.15, 0.2) is 51.0 Å². The SMILES string of the molecule is CC[C@H]1O[C@@H](n2cnc3c(NC(=O)c4ccccc4)ncnc32)[C@H](O[Si](C)(C)C(C)(C)C)[C@@H]1OP(=O)(OCCC#N)OC[C@H]1C[C@@H](n2cnc3c(=O)[nH]c(NC(=O)C(C)C)nc32)[C@H](O[Si](C)(C)C(C)(C)C)[C@@H]1OC(=O)O. The van der Waals surface area contributed by atoms with Gasteiger partial charge in [-0.15, -0.1) is 0 Å². The number of ether oxygens (including phenoxy) is 2. The van der Waals surface area contributed by atoms with Crippen LogP contribution in [0.5, 0.6) is 0 Å². The van der Waals surface area contributed by atoms with Crippen molar-refractivity contribution in [1.82, 2.24) is 39.0 Å². The second-order valence-corrected chi connectivity index (χ2v) is 33.5. The first-order chi connectivity index (χ1) is 35.6. The van der Waals surface area contributed by atoms with Crippen molar-refractivity contribution in [1.29, 1.82) is 5.26 Å². The number of rotatable bonds is 20. The second kappa shape index (κ2) is 22.7. The summed E-state index contributed by atoms with van der Waals surface area (Å²) < 4.78 is 64.3. The number of hydrogen-bond donors (Lipinski definition) is 4. The quantitative estimate of drug-likeness (QED) is 0.0244. The normalized spacial score (nSPS) is 23.2. The standard InChI is InChI=1S/C49H70N11O13PSi2/c1-14-32-37(38(73-76(12,13)49(7,8)9)45(69-32)60-27-53-33-39(51-25-52-40(33)60)55-43(62)29-19-16-15-17-20-29)71-74(66,67-22-18-21-50)68-24-30-23-31(36(35(30)70-47(64)65)72-75(10,11)48(4,5)6)59-26-54-34-41(59)56-46(58-44(34)63)57-42(61)28(2)3/h15-17,19-20,25-28,30-32,35-38,45H,14,18,22-24H2,1-13H3,(H,64,65)(H,51,52,55,62)(H2,56,57,58,61,63)/t30-,31-,32-,35-,36+,37-,38-,45-,74?/m1/s1. The van der Waals surface area contributed by atoms with Gasteiger partial charge in [0.25, 0.3) is 11.5 Å². The molecule has 4 N–H and O–H groups in total. The van der Waals surface area contributed by atoms with Gasteiger partial charge in [0.05, 0.1) is 50.5 Å². The van der Waals surface area contributed by atoms with E-state index < -0.39 is 109 Å². The first-order valence-corrected chi connectivity index (χ1v) is 32.5. The van der Waals surface area contributed by atoms with E-state index in [4.69, 9.17) is 31.9 Å². The number of phosphoric ester groups is 1. The molecule has 2 fully saturated rings. The molecule has 0 bridgehead atoms. The molecule has 4 aromatic heterocycles. The largest absolute Gasteiger partial charge is 0.506 e. The van der Waals surface area contributed by atoms with Crippen molar-refractivity contribution in [3.63, 3.8) is 0 Å². The number of aromatic nitrogens is 8. The van der Waals surface area contributed by atoms with E-state index >= 15 is 4.57 Å². The molecule has 24 nitrogen and oxygen atoms in total. The highest BCUT2D eigenvalue weighted by atomic mass is 31.2. The third-order valence-corrected chi connectivity index (χ3v) is 25.1. The summed E-state index contributed by atoms with van der Waals surface area (Å²) in [6.07, 6.45) is -3.52. The third-order valence-electron chi connectivity index (χ3n) is 14.7. The highest BCUT2D eigenvalue weighted by Crippen LogP contribution is 2.56. The number of carbonyl (C=O) groups is 3. The number of hydrogen-bond acceptors (Lipinski definition) is 18. The van der Waals surface area contributed by atoms with Gasteiger partial charge in [-0.1, -0.05) is 80.5 Å². The monoisotopic (exact) mass is 1110 g/mol. The van der Waals surface area contributed by atoms with Crippen molar-refractivity contribution >= 4 is 76.5 Å². The Bertz CT molecular complexity index is 3060. The molecule has 2 amide bonds. The first kappa shape index (κ1) is 57.9. The van der Waals surface area contributed by atoms with Gasteiger partial charge in [0.2, 0.25) is 11.9 Å². The number of amides is 2. The summed E-state index contributed by atoms with van der Waals surface area (Å²) in [6.45, 7) is 24.7. The van der Waals surface area contributed by atoms with Crippen LogP contribution >= 0.6 is 7.82 Å². The molecule has 76 heavy (non-hydrogen) atoms. The minimum absolute atomic E-state index is 0.0451. The minimum atomic E-state index is -4.80. The Labute approximate surface area is 442 Å². The summed E-state index contributed by atoms with van der Waals surface area (Å²) in [7, 11) is -10.4. The van der Waals surface area contributed by atoms with Gasteiger partial charge in [-0.2, -0.15) is 10.2 Å². The van der Waals surface area contributed by atoms with E-state index in [0.717, 1.165) is 0 Å². The van der Waals surface area contributed by atoms with Gasteiger partial charge < -0.3 is 33.3 Å². The van der Waals surface area contributed by atoms with Crippen LogP contribution in [0.2, 0.25) is 36.3 Å². The summed E-state index contributed by atoms with van der Waals surface area (Å²) in [4.78, 5) is 77.1. The summed E-state index contributed by atoms with van der Waals surface area (Å²) in [5, 5.41) is 24.6. The molecule has 1 aromatic carbocycles. The van der Waals surface area contributed by atoms with Crippen molar-refractivity contribution in [2.24, 2.45) is 11.8 Å².